The first-order valence-electron chi connectivity index (χ1n) is 11.0. The van der Waals surface area contributed by atoms with Gasteiger partial charge in [0.05, 0.1) is 17.3 Å². The summed E-state index contributed by atoms with van der Waals surface area (Å²) >= 11 is 6.17. The number of carbonyl (C=O) groups is 3. The molecule has 2 fully saturated rings. The predicted octanol–water partition coefficient (Wildman–Crippen LogP) is 2.84. The molecule has 2 aliphatic heterocycles. The van der Waals surface area contributed by atoms with Crippen molar-refractivity contribution >= 4 is 29.4 Å². The van der Waals surface area contributed by atoms with Crippen molar-refractivity contribution in [3.8, 4) is 0 Å². The number of nitrogens with one attached hydrogen (secondary N) is 1. The quantitative estimate of drug-likeness (QED) is 0.727. The second-order valence-electron chi connectivity index (χ2n) is 8.61. The van der Waals surface area contributed by atoms with Crippen LogP contribution in [0.5, 0.6) is 0 Å². The van der Waals surface area contributed by atoms with Crippen molar-refractivity contribution in [3.05, 3.63) is 70.2 Å². The zero-order chi connectivity index (χ0) is 22.3. The van der Waals surface area contributed by atoms with Gasteiger partial charge in [0, 0.05) is 26.2 Å². The molecule has 1 atom stereocenters. The fourth-order valence-electron chi connectivity index (χ4n) is 5.04. The van der Waals surface area contributed by atoms with E-state index in [2.05, 4.69) is 5.32 Å². The predicted molar refractivity (Wildman–Crippen MR) is 120 cm³/mol. The van der Waals surface area contributed by atoms with Gasteiger partial charge in [0.25, 0.3) is 11.8 Å². The molecule has 2 saturated heterocycles. The Hall–Kier alpha value is -2.90. The first kappa shape index (κ1) is 21.0. The molecule has 32 heavy (non-hydrogen) atoms. The van der Waals surface area contributed by atoms with Crippen LogP contribution in [0.3, 0.4) is 0 Å². The molecule has 0 bridgehead atoms. The second-order valence-corrected chi connectivity index (χ2v) is 9.02. The molecule has 0 aromatic heterocycles. The molecule has 8 heteroatoms. The number of fused-ring (bicyclic) bond motifs is 2. The zero-order valence-corrected chi connectivity index (χ0v) is 18.5. The van der Waals surface area contributed by atoms with Crippen molar-refractivity contribution in [2.45, 2.75) is 24.8 Å². The number of carbonyl (C=O) groups excluding carboxylic acids is 3. The highest BCUT2D eigenvalue weighted by molar-refractivity contribution is 6.33. The van der Waals surface area contributed by atoms with Crippen LogP contribution < -0.4 is 5.32 Å². The van der Waals surface area contributed by atoms with Gasteiger partial charge in [-0.2, -0.15) is 0 Å². The lowest BCUT2D eigenvalue weighted by molar-refractivity contribution is -0.133. The molecule has 0 saturated carbocycles. The summed E-state index contributed by atoms with van der Waals surface area (Å²) in [5.74, 6) is -0.271. The Bertz CT molecular complexity index is 1080. The molecule has 4 amide bonds. The lowest BCUT2D eigenvalue weighted by atomic mass is 9.76. The van der Waals surface area contributed by atoms with Gasteiger partial charge in [-0.15, -0.1) is 0 Å². The van der Waals surface area contributed by atoms with Crippen molar-refractivity contribution < 1.29 is 14.4 Å². The smallest absolute Gasteiger partial charge is 0.326 e. The number of rotatable bonds is 3. The minimum Gasteiger partial charge on any atom is -0.336 e. The third-order valence-corrected chi connectivity index (χ3v) is 7.09. The number of hydrogen-bond acceptors (Lipinski definition) is 4. The van der Waals surface area contributed by atoms with E-state index in [1.807, 2.05) is 29.2 Å². The van der Waals surface area contributed by atoms with E-state index in [1.165, 1.54) is 4.90 Å². The lowest BCUT2D eigenvalue weighted by Gasteiger charge is -2.37. The van der Waals surface area contributed by atoms with E-state index in [9.17, 15) is 14.4 Å². The molecule has 2 aromatic carbocycles. The van der Waals surface area contributed by atoms with Gasteiger partial charge in [0.2, 0.25) is 0 Å². The normalized spacial score (nSPS) is 23.4. The molecule has 0 radical (unpaired) electrons. The third kappa shape index (κ3) is 3.45. The maximum Gasteiger partial charge on any atom is 0.326 e. The Labute approximate surface area is 191 Å². The van der Waals surface area contributed by atoms with E-state index >= 15 is 0 Å². The summed E-state index contributed by atoms with van der Waals surface area (Å²) in [6.45, 7) is 2.42. The highest BCUT2D eigenvalue weighted by atomic mass is 35.5. The summed E-state index contributed by atoms with van der Waals surface area (Å²) in [7, 11) is 0. The van der Waals surface area contributed by atoms with Crippen LogP contribution in [0.15, 0.2) is 48.5 Å². The van der Waals surface area contributed by atoms with E-state index in [-0.39, 0.29) is 24.5 Å². The molecule has 7 nitrogen and oxygen atoms in total. The van der Waals surface area contributed by atoms with Gasteiger partial charge in [0.15, 0.2) is 0 Å². The van der Waals surface area contributed by atoms with E-state index in [1.54, 1.807) is 29.2 Å². The number of imide groups is 1. The maximum absolute atomic E-state index is 13.5. The molecular weight excluding hydrogens is 428 g/mol. The maximum atomic E-state index is 13.5. The molecule has 5 rings (SSSR count). The van der Waals surface area contributed by atoms with E-state index in [0.717, 1.165) is 24.0 Å². The molecule has 3 aliphatic rings. The summed E-state index contributed by atoms with van der Waals surface area (Å²) in [5.41, 5.74) is 1.59. The molecule has 0 unspecified atom stereocenters. The molecule has 1 aliphatic carbocycles. The summed E-state index contributed by atoms with van der Waals surface area (Å²) in [6.07, 6.45) is 2.40. The van der Waals surface area contributed by atoms with Gasteiger partial charge in [-0.3, -0.25) is 14.5 Å². The van der Waals surface area contributed by atoms with E-state index in [0.29, 0.717) is 43.2 Å². The average Bonchev–Trinajstić information content (AvgIpc) is 3.04. The van der Waals surface area contributed by atoms with Crippen molar-refractivity contribution in [3.63, 3.8) is 0 Å². The fourth-order valence-corrected chi connectivity index (χ4v) is 5.25. The summed E-state index contributed by atoms with van der Waals surface area (Å²) < 4.78 is 0. The minimum atomic E-state index is -0.951. The summed E-state index contributed by atoms with van der Waals surface area (Å²) in [4.78, 5) is 44.2. The Balaban J connectivity index is 1.26. The number of hydrogen-bond donors (Lipinski definition) is 1. The largest absolute Gasteiger partial charge is 0.336 e. The van der Waals surface area contributed by atoms with Crippen LogP contribution in [0.1, 0.15) is 34.3 Å². The van der Waals surface area contributed by atoms with Crippen LogP contribution in [0.2, 0.25) is 5.02 Å². The number of halogens is 1. The Kier molecular flexibility index (Phi) is 5.39. The van der Waals surface area contributed by atoms with Crippen LogP contribution in [-0.4, -0.2) is 65.4 Å². The fraction of sp³-hybridized carbons (Fsp3) is 0.375. The topological polar surface area (TPSA) is 73.0 Å². The van der Waals surface area contributed by atoms with Crippen molar-refractivity contribution in [1.82, 2.24) is 20.0 Å². The van der Waals surface area contributed by atoms with Gasteiger partial charge < -0.3 is 10.2 Å². The summed E-state index contributed by atoms with van der Waals surface area (Å²) in [6, 6.07) is 14.6. The van der Waals surface area contributed by atoms with Crippen molar-refractivity contribution in [2.75, 3.05) is 32.8 Å². The SMILES string of the molecule is O=C(c1ccccc1Cl)N1CCN(CN2C(=O)N[C@@]3(CCCc4ccccc43)C2=O)CC1. The lowest BCUT2D eigenvalue weighted by Crippen LogP contribution is -2.53. The average molecular weight is 453 g/mol. The highest BCUT2D eigenvalue weighted by Gasteiger charge is 2.54. The van der Waals surface area contributed by atoms with Crippen LogP contribution in [0.25, 0.3) is 0 Å². The molecule has 1 spiro atoms. The van der Waals surface area contributed by atoms with Crippen LogP contribution in [-0.2, 0) is 16.8 Å². The molecule has 2 heterocycles. The number of piperazine rings is 1. The standard InChI is InChI=1S/C24H25ClN4O3/c25-20-10-4-2-8-18(20)21(30)28-14-12-27(13-15-28)16-29-22(31)24(26-23(29)32)11-5-7-17-6-1-3-9-19(17)24/h1-4,6,8-10H,5,7,11-16H2,(H,26,32)/t24-/m1/s1. The third-order valence-electron chi connectivity index (χ3n) is 6.76. The number of urea groups is 1. The monoisotopic (exact) mass is 452 g/mol. The number of amides is 4. The number of aryl methyl sites for hydroxylation is 1. The van der Waals surface area contributed by atoms with E-state index in [4.69, 9.17) is 11.6 Å². The van der Waals surface area contributed by atoms with Crippen molar-refractivity contribution in [1.29, 1.82) is 0 Å². The summed E-state index contributed by atoms with van der Waals surface area (Å²) in [5, 5.41) is 3.44. The van der Waals surface area contributed by atoms with Gasteiger partial charge in [-0.1, -0.05) is 48.0 Å². The van der Waals surface area contributed by atoms with E-state index < -0.39 is 5.54 Å². The van der Waals surface area contributed by atoms with Crippen LogP contribution in [0.4, 0.5) is 4.79 Å². The number of benzene rings is 2. The highest BCUT2D eigenvalue weighted by Crippen LogP contribution is 2.39. The minimum absolute atomic E-state index is 0.0944. The number of nitrogens with zero attached hydrogens (tertiary/aromatic N) is 3. The van der Waals surface area contributed by atoms with Gasteiger partial charge >= 0.3 is 6.03 Å². The van der Waals surface area contributed by atoms with Crippen LogP contribution in [0, 0.1) is 0 Å². The second kappa shape index (κ2) is 8.22. The Morgan fingerprint density at radius 1 is 1.00 bits per heavy atom. The molecule has 1 N–H and O–H groups in total. The van der Waals surface area contributed by atoms with Gasteiger partial charge in [-0.05, 0) is 42.5 Å². The zero-order valence-electron chi connectivity index (χ0n) is 17.7. The van der Waals surface area contributed by atoms with Crippen LogP contribution >= 0.6 is 11.6 Å². The first-order chi connectivity index (χ1) is 15.5. The van der Waals surface area contributed by atoms with Crippen molar-refractivity contribution in [2.24, 2.45) is 0 Å². The van der Waals surface area contributed by atoms with Gasteiger partial charge in [0.1, 0.15) is 5.54 Å². The first-order valence-corrected chi connectivity index (χ1v) is 11.4. The Morgan fingerprint density at radius 2 is 1.72 bits per heavy atom. The Morgan fingerprint density at radius 3 is 2.50 bits per heavy atom. The molecule has 166 valence electrons. The molecular formula is C24H25ClN4O3. The van der Waals surface area contributed by atoms with Gasteiger partial charge in [-0.25, -0.2) is 9.69 Å². The molecule has 2 aromatic rings.